The Hall–Kier alpha value is -0.160. The predicted octanol–water partition coefficient (Wildman–Crippen LogP) is 1.49. The Balaban J connectivity index is 1.85. The number of nitrogens with zero attached hydrogens (tertiary/aromatic N) is 1. The van der Waals surface area contributed by atoms with E-state index in [-0.39, 0.29) is 11.5 Å². The van der Waals surface area contributed by atoms with Crippen LogP contribution in [0.3, 0.4) is 0 Å². The fourth-order valence-electron chi connectivity index (χ4n) is 3.41. The van der Waals surface area contributed by atoms with Crippen LogP contribution in [0.5, 0.6) is 0 Å². The highest BCUT2D eigenvalue weighted by atomic mass is 16.5. The van der Waals surface area contributed by atoms with Gasteiger partial charge in [-0.1, -0.05) is 13.8 Å². The van der Waals surface area contributed by atoms with Crippen molar-refractivity contribution in [3.63, 3.8) is 0 Å². The van der Waals surface area contributed by atoms with E-state index in [0.717, 1.165) is 58.8 Å². The number of ether oxygens (including phenoxy) is 1. The minimum absolute atomic E-state index is 0.0797. The Morgan fingerprint density at radius 3 is 2.70 bits per heavy atom. The van der Waals surface area contributed by atoms with Crippen LogP contribution in [0.2, 0.25) is 0 Å². The van der Waals surface area contributed by atoms with Gasteiger partial charge in [0.1, 0.15) is 0 Å². The lowest BCUT2D eigenvalue weighted by Gasteiger charge is -2.42. The third-order valence-corrected chi connectivity index (χ3v) is 4.57. The van der Waals surface area contributed by atoms with Crippen molar-refractivity contribution in [1.29, 1.82) is 0 Å². The van der Waals surface area contributed by atoms with E-state index in [9.17, 15) is 5.11 Å². The molecule has 0 amide bonds. The quantitative estimate of drug-likeness (QED) is 0.775. The van der Waals surface area contributed by atoms with Crippen molar-refractivity contribution in [3.05, 3.63) is 0 Å². The lowest BCUT2D eigenvalue weighted by Crippen LogP contribution is -2.51. The highest BCUT2D eigenvalue weighted by molar-refractivity contribution is 4.88. The third kappa shape index (κ3) is 4.99. The molecule has 2 aliphatic heterocycles. The number of piperidine rings is 1. The molecule has 20 heavy (non-hydrogen) atoms. The Labute approximate surface area is 123 Å². The van der Waals surface area contributed by atoms with Crippen molar-refractivity contribution in [2.45, 2.75) is 45.6 Å². The van der Waals surface area contributed by atoms with E-state index in [2.05, 4.69) is 24.1 Å². The highest BCUT2D eigenvalue weighted by Crippen LogP contribution is 2.30. The maximum Gasteiger partial charge on any atom is 0.0564 e. The lowest BCUT2D eigenvalue weighted by atomic mass is 9.81. The average molecular weight is 284 g/mol. The molecule has 0 bridgehead atoms. The van der Waals surface area contributed by atoms with Crippen molar-refractivity contribution in [2.24, 2.45) is 11.3 Å². The molecular formula is C16H32N2O2. The Bertz CT molecular complexity index is 270. The standard InChI is InChI=1S/C16H32N2O2/c1-14(2)10-17-11-16(6-3-9-20-13-16)12-18-7-4-15(19)5-8-18/h14-15,17,19H,3-13H2,1-2H3. The monoisotopic (exact) mass is 284 g/mol. The van der Waals surface area contributed by atoms with Crippen LogP contribution in [-0.4, -0.2) is 62.0 Å². The second-order valence-corrected chi connectivity index (χ2v) is 7.19. The van der Waals surface area contributed by atoms with Crippen LogP contribution in [0.25, 0.3) is 0 Å². The minimum atomic E-state index is -0.0797. The summed E-state index contributed by atoms with van der Waals surface area (Å²) in [6.07, 6.45) is 4.22. The molecule has 4 nitrogen and oxygen atoms in total. The zero-order chi connectivity index (χ0) is 14.4. The number of rotatable bonds is 6. The van der Waals surface area contributed by atoms with Gasteiger partial charge in [0.25, 0.3) is 0 Å². The van der Waals surface area contributed by atoms with Gasteiger partial charge in [-0.25, -0.2) is 0 Å². The van der Waals surface area contributed by atoms with Crippen molar-refractivity contribution < 1.29 is 9.84 Å². The molecule has 2 fully saturated rings. The average Bonchev–Trinajstić information content (AvgIpc) is 2.42. The van der Waals surface area contributed by atoms with Crippen molar-refractivity contribution >= 4 is 0 Å². The van der Waals surface area contributed by atoms with Gasteiger partial charge in [0.05, 0.1) is 12.7 Å². The zero-order valence-corrected chi connectivity index (χ0v) is 13.2. The van der Waals surface area contributed by atoms with E-state index >= 15 is 0 Å². The molecule has 2 heterocycles. The Kier molecular flexibility index (Phi) is 6.27. The van der Waals surface area contributed by atoms with Crippen LogP contribution in [0.15, 0.2) is 0 Å². The van der Waals surface area contributed by atoms with Gasteiger partial charge in [-0.15, -0.1) is 0 Å². The van der Waals surface area contributed by atoms with E-state index in [1.54, 1.807) is 0 Å². The van der Waals surface area contributed by atoms with E-state index < -0.39 is 0 Å². The topological polar surface area (TPSA) is 44.7 Å². The smallest absolute Gasteiger partial charge is 0.0564 e. The van der Waals surface area contributed by atoms with E-state index in [4.69, 9.17) is 4.74 Å². The van der Waals surface area contributed by atoms with Crippen LogP contribution in [0.1, 0.15) is 39.5 Å². The summed E-state index contributed by atoms with van der Waals surface area (Å²) in [7, 11) is 0. The molecule has 0 radical (unpaired) electrons. The summed E-state index contributed by atoms with van der Waals surface area (Å²) >= 11 is 0. The van der Waals surface area contributed by atoms with Crippen molar-refractivity contribution in [1.82, 2.24) is 10.2 Å². The number of aliphatic hydroxyl groups excluding tert-OH is 1. The van der Waals surface area contributed by atoms with E-state index in [0.29, 0.717) is 5.92 Å². The number of nitrogens with one attached hydrogen (secondary N) is 1. The van der Waals surface area contributed by atoms with Gasteiger partial charge >= 0.3 is 0 Å². The summed E-state index contributed by atoms with van der Waals surface area (Å²) in [5.74, 6) is 0.696. The molecule has 0 aromatic carbocycles. The first-order valence-electron chi connectivity index (χ1n) is 8.28. The summed E-state index contributed by atoms with van der Waals surface area (Å²) in [6, 6.07) is 0. The highest BCUT2D eigenvalue weighted by Gasteiger charge is 2.35. The molecule has 2 saturated heterocycles. The van der Waals surface area contributed by atoms with Crippen LogP contribution in [0, 0.1) is 11.3 Å². The van der Waals surface area contributed by atoms with Gasteiger partial charge in [-0.05, 0) is 38.1 Å². The van der Waals surface area contributed by atoms with Gasteiger partial charge in [-0.2, -0.15) is 0 Å². The van der Waals surface area contributed by atoms with Crippen LogP contribution in [-0.2, 0) is 4.74 Å². The van der Waals surface area contributed by atoms with Gasteiger partial charge < -0.3 is 20.1 Å². The molecule has 4 heteroatoms. The van der Waals surface area contributed by atoms with Gasteiger partial charge in [0, 0.05) is 38.2 Å². The van der Waals surface area contributed by atoms with E-state index in [1.165, 1.54) is 12.8 Å². The maximum atomic E-state index is 9.64. The molecule has 118 valence electrons. The number of hydrogen-bond donors (Lipinski definition) is 2. The molecule has 1 atom stereocenters. The number of likely N-dealkylation sites (tertiary alicyclic amines) is 1. The second kappa shape index (κ2) is 7.74. The van der Waals surface area contributed by atoms with Gasteiger partial charge in [0.2, 0.25) is 0 Å². The zero-order valence-electron chi connectivity index (χ0n) is 13.2. The molecule has 0 saturated carbocycles. The first-order valence-corrected chi connectivity index (χ1v) is 8.28. The molecule has 1 unspecified atom stereocenters. The molecule has 2 N–H and O–H groups in total. The molecule has 0 spiro atoms. The number of hydrogen-bond acceptors (Lipinski definition) is 4. The maximum absolute atomic E-state index is 9.64. The van der Waals surface area contributed by atoms with Crippen LogP contribution >= 0.6 is 0 Å². The summed E-state index contributed by atoms with van der Waals surface area (Å²) in [5.41, 5.74) is 0.273. The van der Waals surface area contributed by atoms with E-state index in [1.807, 2.05) is 0 Å². The fraction of sp³-hybridized carbons (Fsp3) is 1.00. The third-order valence-electron chi connectivity index (χ3n) is 4.57. The largest absolute Gasteiger partial charge is 0.393 e. The van der Waals surface area contributed by atoms with Crippen molar-refractivity contribution in [3.8, 4) is 0 Å². The Morgan fingerprint density at radius 2 is 2.10 bits per heavy atom. The first-order chi connectivity index (χ1) is 9.60. The van der Waals surface area contributed by atoms with Crippen LogP contribution in [0.4, 0.5) is 0 Å². The number of aliphatic hydroxyl groups is 1. The fourth-order valence-corrected chi connectivity index (χ4v) is 3.41. The van der Waals surface area contributed by atoms with Gasteiger partial charge in [-0.3, -0.25) is 0 Å². The normalized spacial score (nSPS) is 30.0. The van der Waals surface area contributed by atoms with Gasteiger partial charge in [0.15, 0.2) is 0 Å². The molecule has 0 aromatic rings. The molecule has 2 rings (SSSR count). The first kappa shape index (κ1) is 16.2. The molecular weight excluding hydrogens is 252 g/mol. The van der Waals surface area contributed by atoms with Crippen molar-refractivity contribution in [2.75, 3.05) is 45.9 Å². The Morgan fingerprint density at radius 1 is 1.35 bits per heavy atom. The summed E-state index contributed by atoms with van der Waals surface area (Å²) in [4.78, 5) is 2.53. The summed E-state index contributed by atoms with van der Waals surface area (Å²) in [5, 5.41) is 13.3. The minimum Gasteiger partial charge on any atom is -0.393 e. The summed E-state index contributed by atoms with van der Waals surface area (Å²) < 4.78 is 5.79. The lowest BCUT2D eigenvalue weighted by molar-refractivity contribution is -0.0351. The summed E-state index contributed by atoms with van der Waals surface area (Å²) in [6.45, 7) is 11.6. The predicted molar refractivity (Wildman–Crippen MR) is 81.9 cm³/mol. The molecule has 0 aromatic heterocycles. The SMILES string of the molecule is CC(C)CNCC1(CN2CCC(O)CC2)CCCOC1. The second-order valence-electron chi connectivity index (χ2n) is 7.19. The molecule has 2 aliphatic rings. The molecule has 0 aliphatic carbocycles. The van der Waals surface area contributed by atoms with Crippen LogP contribution < -0.4 is 5.32 Å².